The van der Waals surface area contributed by atoms with Crippen molar-refractivity contribution in [3.63, 3.8) is 0 Å². The van der Waals surface area contributed by atoms with Gasteiger partial charge in [-0.15, -0.1) is 0 Å². The first kappa shape index (κ1) is 23.9. The van der Waals surface area contributed by atoms with E-state index < -0.39 is 10.0 Å². The fourth-order valence-electron chi connectivity index (χ4n) is 4.22. The third-order valence-corrected chi connectivity index (χ3v) is 7.79. The van der Waals surface area contributed by atoms with E-state index in [1.807, 2.05) is 43.3 Å². The van der Waals surface area contributed by atoms with Gasteiger partial charge in [-0.1, -0.05) is 6.07 Å². The predicted molar refractivity (Wildman–Crippen MR) is 130 cm³/mol. The van der Waals surface area contributed by atoms with Crippen LogP contribution in [0.5, 0.6) is 0 Å². The number of anilines is 1. The Bertz CT molecular complexity index is 1240. The number of nitrogens with zero attached hydrogens (tertiary/aromatic N) is 6. The number of imidazole rings is 1. The van der Waals surface area contributed by atoms with Gasteiger partial charge in [0.1, 0.15) is 0 Å². The van der Waals surface area contributed by atoms with Crippen molar-refractivity contribution in [2.45, 2.75) is 25.6 Å². The van der Waals surface area contributed by atoms with E-state index in [9.17, 15) is 13.7 Å². The van der Waals surface area contributed by atoms with Crippen molar-refractivity contribution in [2.24, 2.45) is 0 Å². The molecule has 0 saturated heterocycles. The number of sulfonamides is 1. The van der Waals surface area contributed by atoms with Crippen LogP contribution in [0.3, 0.4) is 0 Å². The predicted octanol–water partition coefficient (Wildman–Crippen LogP) is 2.00. The van der Waals surface area contributed by atoms with Crippen molar-refractivity contribution < 1.29 is 8.42 Å². The van der Waals surface area contributed by atoms with Crippen molar-refractivity contribution in [2.75, 3.05) is 37.8 Å². The van der Waals surface area contributed by atoms with Crippen LogP contribution in [0, 0.1) is 11.3 Å². The van der Waals surface area contributed by atoms with Crippen LogP contribution in [-0.2, 0) is 29.5 Å². The minimum Gasteiger partial charge on any atom is -0.364 e. The molecule has 0 spiro atoms. The lowest BCUT2D eigenvalue weighted by Crippen LogP contribution is -2.47. The summed E-state index contributed by atoms with van der Waals surface area (Å²) in [5.74, 6) is 0.0204. The van der Waals surface area contributed by atoms with E-state index in [1.165, 1.54) is 0 Å². The minimum atomic E-state index is -3.58. The van der Waals surface area contributed by atoms with E-state index in [0.29, 0.717) is 31.6 Å². The van der Waals surface area contributed by atoms with E-state index in [0.717, 1.165) is 22.6 Å². The number of hydrogen-bond acceptors (Lipinski definition) is 7. The summed E-state index contributed by atoms with van der Waals surface area (Å²) < 4.78 is 28.8. The molecular formula is C24H29N7O2S. The lowest BCUT2D eigenvalue weighted by Gasteiger charge is -2.32. The molecule has 0 saturated carbocycles. The molecule has 9 nitrogen and oxygen atoms in total. The Hall–Kier alpha value is -3.26. The van der Waals surface area contributed by atoms with E-state index in [2.05, 4.69) is 25.9 Å². The van der Waals surface area contributed by atoms with Crippen molar-refractivity contribution in [1.82, 2.24) is 24.2 Å². The van der Waals surface area contributed by atoms with Crippen LogP contribution in [0.1, 0.15) is 22.5 Å². The van der Waals surface area contributed by atoms with E-state index >= 15 is 0 Å². The second kappa shape index (κ2) is 10.3. The lowest BCUT2D eigenvalue weighted by molar-refractivity contribution is 0.313. The highest BCUT2D eigenvalue weighted by Gasteiger charge is 2.35. The Labute approximate surface area is 200 Å². The molecule has 0 unspecified atom stereocenters. The molecule has 1 aliphatic heterocycles. The molecule has 1 atom stereocenters. The molecule has 0 aliphatic carbocycles. The SMILES string of the molecule is CN(C)CCS(=O)(=O)N1Cc2cc(C#N)ccc2N(Cc2cnc[nH]2)C[C@H]1Cc1ccccn1. The van der Waals surface area contributed by atoms with Gasteiger partial charge in [0.15, 0.2) is 0 Å². The maximum atomic E-state index is 13.6. The normalized spacial score (nSPS) is 16.8. The number of H-pyrrole nitrogens is 1. The zero-order valence-electron chi connectivity index (χ0n) is 19.4. The molecular weight excluding hydrogens is 450 g/mol. The van der Waals surface area contributed by atoms with Crippen molar-refractivity contribution in [3.8, 4) is 6.07 Å². The highest BCUT2D eigenvalue weighted by Crippen LogP contribution is 2.32. The van der Waals surface area contributed by atoms with Gasteiger partial charge >= 0.3 is 0 Å². The Kier molecular flexibility index (Phi) is 7.26. The molecule has 2 aromatic heterocycles. The summed E-state index contributed by atoms with van der Waals surface area (Å²) in [6.07, 6.45) is 5.62. The fraction of sp³-hybridized carbons (Fsp3) is 0.375. The highest BCUT2D eigenvalue weighted by molar-refractivity contribution is 7.89. The number of nitriles is 1. The average Bonchev–Trinajstić information content (AvgIpc) is 3.28. The fourth-order valence-corrected chi connectivity index (χ4v) is 5.99. The molecule has 1 aliphatic rings. The molecule has 0 bridgehead atoms. The second-order valence-corrected chi connectivity index (χ2v) is 10.8. The van der Waals surface area contributed by atoms with Gasteiger partial charge in [-0.3, -0.25) is 4.98 Å². The zero-order chi connectivity index (χ0) is 24.1. The first-order valence-corrected chi connectivity index (χ1v) is 12.8. The molecule has 0 amide bonds. The third kappa shape index (κ3) is 5.62. The van der Waals surface area contributed by atoms with Gasteiger partial charge in [0.25, 0.3) is 0 Å². The van der Waals surface area contributed by atoms with Crippen molar-refractivity contribution in [1.29, 1.82) is 5.26 Å². The van der Waals surface area contributed by atoms with E-state index in [1.54, 1.807) is 35.2 Å². The van der Waals surface area contributed by atoms with Gasteiger partial charge in [0, 0.05) is 55.9 Å². The highest BCUT2D eigenvalue weighted by atomic mass is 32.2. The van der Waals surface area contributed by atoms with E-state index in [4.69, 9.17) is 0 Å². The van der Waals surface area contributed by atoms with Crippen LogP contribution in [-0.4, -0.2) is 71.6 Å². The number of nitrogens with one attached hydrogen (secondary N) is 1. The van der Waals surface area contributed by atoms with Gasteiger partial charge in [-0.2, -0.15) is 9.57 Å². The van der Waals surface area contributed by atoms with Gasteiger partial charge in [-0.25, -0.2) is 13.4 Å². The summed E-state index contributed by atoms with van der Waals surface area (Å²) >= 11 is 0. The number of pyridine rings is 1. The third-order valence-electron chi connectivity index (χ3n) is 5.95. The van der Waals surface area contributed by atoms with Gasteiger partial charge in [-0.05, 0) is 50.0 Å². The first-order chi connectivity index (χ1) is 16.4. The lowest BCUT2D eigenvalue weighted by atomic mass is 10.1. The first-order valence-electron chi connectivity index (χ1n) is 11.1. The summed E-state index contributed by atoms with van der Waals surface area (Å²) in [4.78, 5) is 15.8. The number of rotatable bonds is 8. The summed E-state index contributed by atoms with van der Waals surface area (Å²) in [5, 5.41) is 9.48. The molecule has 10 heteroatoms. The van der Waals surface area contributed by atoms with Gasteiger partial charge in [0.2, 0.25) is 10.0 Å². The van der Waals surface area contributed by atoms with E-state index in [-0.39, 0.29) is 18.3 Å². The number of hydrogen-bond donors (Lipinski definition) is 1. The molecule has 4 rings (SSSR count). The quantitative estimate of drug-likeness (QED) is 0.526. The number of benzene rings is 1. The second-order valence-electron chi connectivity index (χ2n) is 8.76. The van der Waals surface area contributed by atoms with Crippen molar-refractivity contribution >= 4 is 15.7 Å². The van der Waals surface area contributed by atoms with Crippen LogP contribution in [0.15, 0.2) is 55.1 Å². The maximum Gasteiger partial charge on any atom is 0.215 e. The number of aromatic amines is 1. The molecule has 0 radical (unpaired) electrons. The Balaban J connectivity index is 1.77. The molecule has 178 valence electrons. The van der Waals surface area contributed by atoms with Crippen molar-refractivity contribution in [3.05, 3.63) is 77.6 Å². The summed E-state index contributed by atoms with van der Waals surface area (Å²) in [5.41, 5.74) is 4.01. The number of fused-ring (bicyclic) bond motifs is 1. The Morgan fingerprint density at radius 3 is 2.79 bits per heavy atom. The Morgan fingerprint density at radius 1 is 1.26 bits per heavy atom. The molecule has 0 fully saturated rings. The molecule has 1 N–H and O–H groups in total. The van der Waals surface area contributed by atoms with Crippen LogP contribution in [0.25, 0.3) is 0 Å². The standard InChI is InChI=1S/C24H29N7O2S/c1-29(2)9-10-34(32,33)31-15-20-11-19(13-25)6-7-24(20)30(16-22-14-26-18-28-22)17-23(31)12-21-5-3-4-8-27-21/h3-8,11,14,18,23H,9-10,12,15-17H2,1-2H3,(H,26,28)/t23-/m1/s1. The topological polar surface area (TPSA) is 109 Å². The molecule has 3 aromatic rings. The zero-order valence-corrected chi connectivity index (χ0v) is 20.2. The Morgan fingerprint density at radius 2 is 2.12 bits per heavy atom. The smallest absolute Gasteiger partial charge is 0.215 e. The monoisotopic (exact) mass is 479 g/mol. The van der Waals surface area contributed by atoms with Gasteiger partial charge in [0.05, 0.1) is 36.0 Å². The largest absolute Gasteiger partial charge is 0.364 e. The van der Waals surface area contributed by atoms with Crippen LogP contribution >= 0.6 is 0 Å². The average molecular weight is 480 g/mol. The number of aromatic nitrogens is 3. The summed E-state index contributed by atoms with van der Waals surface area (Å²) in [7, 11) is 0.145. The van der Waals surface area contributed by atoms with Crippen LogP contribution in [0.4, 0.5) is 5.69 Å². The molecule has 1 aromatic carbocycles. The summed E-state index contributed by atoms with van der Waals surface area (Å²) in [6, 6.07) is 13.0. The maximum absolute atomic E-state index is 13.6. The van der Waals surface area contributed by atoms with Gasteiger partial charge < -0.3 is 14.8 Å². The van der Waals surface area contributed by atoms with Crippen LogP contribution in [0.2, 0.25) is 0 Å². The van der Waals surface area contributed by atoms with Crippen LogP contribution < -0.4 is 4.90 Å². The molecule has 34 heavy (non-hydrogen) atoms. The minimum absolute atomic E-state index is 0.0204. The summed E-state index contributed by atoms with van der Waals surface area (Å²) in [6.45, 7) is 1.66. The molecule has 3 heterocycles.